The van der Waals surface area contributed by atoms with Crippen molar-refractivity contribution in [2.24, 2.45) is 0 Å². The number of nitrogens with zero attached hydrogens (tertiary/aromatic N) is 3. The van der Waals surface area contributed by atoms with Gasteiger partial charge in [-0.25, -0.2) is 9.66 Å². The molecule has 2 heterocycles. The fourth-order valence-corrected chi connectivity index (χ4v) is 3.53. The van der Waals surface area contributed by atoms with Crippen molar-refractivity contribution >= 4 is 44.9 Å². The number of nitrogens with one attached hydrogen (secondary N) is 1. The lowest BCUT2D eigenvalue weighted by Crippen LogP contribution is -2.35. The molecule has 25 heavy (non-hydrogen) atoms. The van der Waals surface area contributed by atoms with E-state index in [1.165, 1.54) is 35.2 Å². The number of aryl methyl sites for hydroxylation is 1. The second kappa shape index (κ2) is 6.65. The summed E-state index contributed by atoms with van der Waals surface area (Å²) in [5, 5.41) is 13.3. The summed E-state index contributed by atoms with van der Waals surface area (Å²) in [6, 6.07) is 5.88. The molecule has 10 heteroatoms. The molecule has 0 aliphatic heterocycles. The Morgan fingerprint density at radius 3 is 2.84 bits per heavy atom. The van der Waals surface area contributed by atoms with Gasteiger partial charge in [0.15, 0.2) is 0 Å². The minimum Gasteiger partial charge on any atom is -0.267 e. The van der Waals surface area contributed by atoms with E-state index in [9.17, 15) is 19.7 Å². The van der Waals surface area contributed by atoms with Gasteiger partial charge >= 0.3 is 0 Å². The molecule has 3 rings (SSSR count). The van der Waals surface area contributed by atoms with E-state index in [0.717, 1.165) is 4.68 Å². The minimum absolute atomic E-state index is 0.117. The molecule has 8 nitrogen and oxygen atoms in total. The molecule has 128 valence electrons. The molecule has 0 atom stereocenters. The lowest BCUT2D eigenvalue weighted by atomic mass is 10.1. The van der Waals surface area contributed by atoms with Crippen molar-refractivity contribution in [3.05, 3.63) is 61.5 Å². The Bertz CT molecular complexity index is 1060. The number of hydrogen-bond donors (Lipinski definition) is 1. The first kappa shape index (κ1) is 17.1. The van der Waals surface area contributed by atoms with Gasteiger partial charge in [-0.3, -0.25) is 25.1 Å². The van der Waals surface area contributed by atoms with E-state index in [-0.39, 0.29) is 17.1 Å². The molecule has 0 saturated heterocycles. The zero-order chi connectivity index (χ0) is 18.1. The van der Waals surface area contributed by atoms with Gasteiger partial charge in [0.2, 0.25) is 0 Å². The zero-order valence-electron chi connectivity index (χ0n) is 13.2. The number of nitro benzene ring substituents is 1. The Morgan fingerprint density at radius 1 is 1.40 bits per heavy atom. The van der Waals surface area contributed by atoms with E-state index in [1.807, 2.05) is 0 Å². The van der Waals surface area contributed by atoms with Gasteiger partial charge in [-0.2, -0.15) is 0 Å². The van der Waals surface area contributed by atoms with Gasteiger partial charge in [0.25, 0.3) is 17.2 Å². The second-order valence-electron chi connectivity index (χ2n) is 5.02. The summed E-state index contributed by atoms with van der Waals surface area (Å²) in [6.07, 6.45) is 1.80. The molecule has 0 spiro atoms. The fraction of sp³-hybridized carbons (Fsp3) is 0.133. The van der Waals surface area contributed by atoms with Crippen molar-refractivity contribution in [3.8, 4) is 0 Å². The van der Waals surface area contributed by atoms with E-state index in [1.54, 1.807) is 30.7 Å². The molecule has 1 N–H and O–H groups in total. The first-order valence-electron chi connectivity index (χ1n) is 7.03. The van der Waals surface area contributed by atoms with Gasteiger partial charge in [0.05, 0.1) is 10.3 Å². The summed E-state index contributed by atoms with van der Waals surface area (Å²) in [4.78, 5) is 41.2. The Hall–Kier alpha value is -2.72. The first-order chi connectivity index (χ1) is 11.9. The van der Waals surface area contributed by atoms with Gasteiger partial charge < -0.3 is 0 Å². The van der Waals surface area contributed by atoms with Crippen LogP contribution in [0.15, 0.2) is 39.3 Å². The molecular weight excluding hydrogens is 364 g/mol. The molecule has 0 aliphatic rings. The normalized spacial score (nSPS) is 10.8. The van der Waals surface area contributed by atoms with Gasteiger partial charge in [0, 0.05) is 11.0 Å². The summed E-state index contributed by atoms with van der Waals surface area (Å²) in [7, 11) is 0. The van der Waals surface area contributed by atoms with Crippen molar-refractivity contribution < 1.29 is 9.72 Å². The van der Waals surface area contributed by atoms with Crippen LogP contribution in [0.5, 0.6) is 0 Å². The molecule has 0 aliphatic carbocycles. The molecule has 1 aromatic carbocycles. The largest absolute Gasteiger partial charge is 0.282 e. The molecule has 2 aromatic heterocycles. The van der Waals surface area contributed by atoms with Gasteiger partial charge in [-0.15, -0.1) is 23.1 Å². The quantitative estimate of drug-likeness (QED) is 0.426. The number of carbonyl (C=O) groups excluding carboxylic acids is 1. The number of carbonyl (C=O) groups is 1. The number of amides is 1. The maximum atomic E-state index is 12.6. The van der Waals surface area contributed by atoms with Crippen molar-refractivity contribution in [1.29, 1.82) is 0 Å². The van der Waals surface area contributed by atoms with Crippen molar-refractivity contribution in [1.82, 2.24) is 9.66 Å². The molecule has 1 amide bonds. The predicted octanol–water partition coefficient (Wildman–Crippen LogP) is 2.78. The molecule has 3 aromatic rings. The van der Waals surface area contributed by atoms with Crippen LogP contribution in [0, 0.1) is 17.0 Å². The summed E-state index contributed by atoms with van der Waals surface area (Å²) in [5.74, 6) is -0.457. The smallest absolute Gasteiger partial charge is 0.267 e. The van der Waals surface area contributed by atoms with E-state index >= 15 is 0 Å². The van der Waals surface area contributed by atoms with Crippen LogP contribution in [0.4, 0.5) is 5.69 Å². The maximum Gasteiger partial charge on any atom is 0.282 e. The van der Waals surface area contributed by atoms with Crippen LogP contribution in [-0.2, 0) is 0 Å². The Balaban J connectivity index is 2.06. The monoisotopic (exact) mass is 376 g/mol. The van der Waals surface area contributed by atoms with E-state index in [0.29, 0.717) is 15.1 Å². The van der Waals surface area contributed by atoms with Crippen LogP contribution >= 0.6 is 23.1 Å². The zero-order valence-corrected chi connectivity index (χ0v) is 14.8. The predicted molar refractivity (Wildman–Crippen MR) is 97.2 cm³/mol. The van der Waals surface area contributed by atoms with E-state index in [4.69, 9.17) is 0 Å². The Kier molecular flexibility index (Phi) is 4.55. The lowest BCUT2D eigenvalue weighted by Gasteiger charge is -2.11. The van der Waals surface area contributed by atoms with Crippen LogP contribution in [0.3, 0.4) is 0 Å². The highest BCUT2D eigenvalue weighted by Gasteiger charge is 2.22. The number of rotatable bonds is 4. The topological polar surface area (TPSA) is 107 Å². The van der Waals surface area contributed by atoms with Crippen LogP contribution in [0.1, 0.15) is 16.2 Å². The van der Waals surface area contributed by atoms with Gasteiger partial charge in [-0.05, 0) is 36.8 Å². The number of thiophene rings is 1. The van der Waals surface area contributed by atoms with Crippen LogP contribution in [0.25, 0.3) is 10.2 Å². The summed E-state index contributed by atoms with van der Waals surface area (Å²) in [6.45, 7) is 1.58. The molecule has 0 fully saturated rings. The molecule has 0 saturated carbocycles. The van der Waals surface area contributed by atoms with Crippen LogP contribution in [0.2, 0.25) is 0 Å². The third kappa shape index (κ3) is 3.13. The van der Waals surface area contributed by atoms with Crippen molar-refractivity contribution in [2.45, 2.75) is 11.8 Å². The average molecular weight is 376 g/mol. The number of aromatic nitrogens is 2. The SMILES string of the molecule is CSc1ccc([N+](=O)[O-])c(C(=O)Nn2c(C)nc3sccc3c2=O)c1. The summed E-state index contributed by atoms with van der Waals surface area (Å²) in [5.41, 5.74) is 1.54. The van der Waals surface area contributed by atoms with Crippen LogP contribution in [-0.4, -0.2) is 26.7 Å². The van der Waals surface area contributed by atoms with Crippen LogP contribution < -0.4 is 11.0 Å². The highest BCUT2D eigenvalue weighted by atomic mass is 32.2. The number of hydrogen-bond acceptors (Lipinski definition) is 7. The first-order valence-corrected chi connectivity index (χ1v) is 9.13. The van der Waals surface area contributed by atoms with Crippen molar-refractivity contribution in [2.75, 3.05) is 11.7 Å². The molecule has 0 radical (unpaired) electrons. The standard InChI is InChI=1S/C15H12N4O4S2/c1-8-16-14-10(5-6-25-14)15(21)18(8)17-13(20)11-7-9(24-2)3-4-12(11)19(22)23/h3-7H,1-2H3,(H,17,20). The van der Waals surface area contributed by atoms with Gasteiger partial charge in [-0.1, -0.05) is 0 Å². The summed E-state index contributed by atoms with van der Waals surface area (Å²) < 4.78 is 1.01. The number of fused-ring (bicyclic) bond motifs is 1. The molecule has 0 unspecified atom stereocenters. The minimum atomic E-state index is -0.746. The van der Waals surface area contributed by atoms with E-state index < -0.39 is 16.4 Å². The van der Waals surface area contributed by atoms with E-state index in [2.05, 4.69) is 10.4 Å². The van der Waals surface area contributed by atoms with Gasteiger partial charge in [0.1, 0.15) is 16.2 Å². The highest BCUT2D eigenvalue weighted by molar-refractivity contribution is 7.98. The molecular formula is C15H12N4O4S2. The van der Waals surface area contributed by atoms with Crippen molar-refractivity contribution in [3.63, 3.8) is 0 Å². The number of benzene rings is 1. The number of thioether (sulfide) groups is 1. The third-order valence-electron chi connectivity index (χ3n) is 3.52. The average Bonchev–Trinajstić information content (AvgIpc) is 3.06. The second-order valence-corrected chi connectivity index (χ2v) is 6.79. The Labute approximate surface area is 149 Å². The molecule has 0 bridgehead atoms. The fourth-order valence-electron chi connectivity index (χ4n) is 2.29. The number of nitro groups is 1. The lowest BCUT2D eigenvalue weighted by molar-refractivity contribution is -0.385. The maximum absolute atomic E-state index is 12.6. The Morgan fingerprint density at radius 2 is 2.16 bits per heavy atom. The third-order valence-corrected chi connectivity index (χ3v) is 5.06. The highest BCUT2D eigenvalue weighted by Crippen LogP contribution is 2.25. The summed E-state index contributed by atoms with van der Waals surface area (Å²) >= 11 is 2.68.